The lowest BCUT2D eigenvalue weighted by molar-refractivity contribution is -0.161. The molecule has 0 aliphatic carbocycles. The minimum atomic E-state index is -4.97. The number of carbonyl (C=O) groups excluding carboxylic acids is 4. The molecule has 0 saturated heterocycles. The van der Waals surface area contributed by atoms with Crippen molar-refractivity contribution in [1.29, 1.82) is 0 Å². The second-order valence-electron chi connectivity index (χ2n) is 29.0. The molecule has 100 heavy (non-hydrogen) atoms. The minimum Gasteiger partial charge on any atom is -0.462 e. The van der Waals surface area contributed by atoms with Crippen LogP contribution >= 0.6 is 15.6 Å². The number of allylic oxidation sites excluding steroid dienone is 4. The third kappa shape index (κ3) is 73.8. The molecule has 0 bridgehead atoms. The Bertz CT molecular complexity index is 2000. The topological polar surface area (TPSA) is 237 Å². The summed E-state index contributed by atoms with van der Waals surface area (Å²) in [7, 11) is -9.93. The van der Waals surface area contributed by atoms with Gasteiger partial charge >= 0.3 is 39.5 Å². The Morgan fingerprint density at radius 1 is 0.310 bits per heavy atom. The highest BCUT2D eigenvalue weighted by molar-refractivity contribution is 7.47. The van der Waals surface area contributed by atoms with Crippen molar-refractivity contribution >= 4 is 39.5 Å². The Labute approximate surface area is 612 Å². The molecule has 5 atom stereocenters. The van der Waals surface area contributed by atoms with Crippen molar-refractivity contribution in [2.75, 3.05) is 39.6 Å². The average Bonchev–Trinajstić information content (AvgIpc) is 0.933. The van der Waals surface area contributed by atoms with Crippen molar-refractivity contribution in [3.63, 3.8) is 0 Å². The lowest BCUT2D eigenvalue weighted by atomic mass is 10.0. The number of carbonyl (C=O) groups is 4. The fraction of sp³-hybridized carbons (Fsp3) is 0.901. The lowest BCUT2D eigenvalue weighted by Crippen LogP contribution is -2.30. The normalized spacial score (nSPS) is 14.0. The molecular formula is C81H154O17P2. The summed E-state index contributed by atoms with van der Waals surface area (Å²) in [5, 5.41) is 10.6. The number of phosphoric acid groups is 2. The number of hydrogen-bond donors (Lipinski definition) is 3. The molecule has 0 saturated carbocycles. The zero-order valence-corrected chi connectivity index (χ0v) is 66.6. The van der Waals surface area contributed by atoms with Crippen molar-refractivity contribution in [2.45, 2.75) is 425 Å². The average molecular weight is 1460 g/mol. The third-order valence-corrected chi connectivity index (χ3v) is 20.3. The first kappa shape index (κ1) is 97.5. The van der Waals surface area contributed by atoms with Gasteiger partial charge in [0.1, 0.15) is 19.3 Å². The second-order valence-corrected chi connectivity index (χ2v) is 31.9. The summed E-state index contributed by atoms with van der Waals surface area (Å²) in [6.45, 7) is 7.23. The highest BCUT2D eigenvalue weighted by Crippen LogP contribution is 2.45. The Morgan fingerprint density at radius 3 is 0.820 bits per heavy atom. The van der Waals surface area contributed by atoms with Gasteiger partial charge in [-0.05, 0) is 57.3 Å². The van der Waals surface area contributed by atoms with Crippen LogP contribution in [0.25, 0.3) is 0 Å². The van der Waals surface area contributed by atoms with E-state index in [0.717, 1.165) is 121 Å². The van der Waals surface area contributed by atoms with E-state index >= 15 is 0 Å². The van der Waals surface area contributed by atoms with Gasteiger partial charge in [-0.1, -0.05) is 354 Å². The van der Waals surface area contributed by atoms with Crippen molar-refractivity contribution in [1.82, 2.24) is 0 Å². The predicted molar refractivity (Wildman–Crippen MR) is 409 cm³/mol. The number of aliphatic hydroxyl groups is 1. The van der Waals surface area contributed by atoms with Gasteiger partial charge in [-0.15, -0.1) is 0 Å². The summed E-state index contributed by atoms with van der Waals surface area (Å²) in [5.74, 6) is -1.37. The molecule has 2 unspecified atom stereocenters. The fourth-order valence-electron chi connectivity index (χ4n) is 12.0. The van der Waals surface area contributed by atoms with Gasteiger partial charge in [0.05, 0.1) is 26.4 Å². The maximum atomic E-state index is 13.1. The van der Waals surface area contributed by atoms with Crippen LogP contribution in [0, 0.1) is 5.92 Å². The Balaban J connectivity index is 5.21. The maximum Gasteiger partial charge on any atom is 0.472 e. The Morgan fingerprint density at radius 2 is 0.540 bits per heavy atom. The molecule has 0 spiro atoms. The molecule has 0 amide bonds. The molecule has 0 aromatic carbocycles. The number of aliphatic hydroxyl groups excluding tert-OH is 1. The second kappa shape index (κ2) is 73.4. The highest BCUT2D eigenvalue weighted by Gasteiger charge is 2.30. The third-order valence-electron chi connectivity index (χ3n) is 18.4. The van der Waals surface area contributed by atoms with E-state index in [0.29, 0.717) is 25.7 Å². The summed E-state index contributed by atoms with van der Waals surface area (Å²) in [6, 6.07) is 0. The van der Waals surface area contributed by atoms with Gasteiger partial charge < -0.3 is 33.8 Å². The molecule has 0 fully saturated rings. The van der Waals surface area contributed by atoms with E-state index in [1.807, 2.05) is 0 Å². The molecule has 0 rings (SSSR count). The number of phosphoric ester groups is 2. The molecule has 590 valence electrons. The summed E-state index contributed by atoms with van der Waals surface area (Å²) in [5.41, 5.74) is 0. The van der Waals surface area contributed by atoms with Crippen LogP contribution in [-0.2, 0) is 65.4 Å². The molecule has 3 N–H and O–H groups in total. The van der Waals surface area contributed by atoms with E-state index in [1.165, 1.54) is 205 Å². The van der Waals surface area contributed by atoms with Crippen LogP contribution in [0.4, 0.5) is 0 Å². The minimum absolute atomic E-state index is 0.102. The van der Waals surface area contributed by atoms with Crippen LogP contribution in [0.15, 0.2) is 24.3 Å². The molecule has 0 aliphatic heterocycles. The van der Waals surface area contributed by atoms with Gasteiger partial charge in [0, 0.05) is 25.7 Å². The van der Waals surface area contributed by atoms with E-state index in [-0.39, 0.29) is 25.7 Å². The van der Waals surface area contributed by atoms with Gasteiger partial charge in [0.25, 0.3) is 0 Å². The van der Waals surface area contributed by atoms with Crippen LogP contribution in [0.1, 0.15) is 407 Å². The molecule has 19 heteroatoms. The molecule has 0 heterocycles. The van der Waals surface area contributed by atoms with Crippen LogP contribution in [0.5, 0.6) is 0 Å². The fourth-order valence-corrected chi connectivity index (χ4v) is 13.6. The first-order chi connectivity index (χ1) is 48.5. The Hall–Kier alpha value is -2.46. The van der Waals surface area contributed by atoms with Crippen molar-refractivity contribution in [3.05, 3.63) is 24.3 Å². The molecule has 0 aliphatic rings. The smallest absolute Gasteiger partial charge is 0.462 e. The number of unbranched alkanes of at least 4 members (excludes halogenated alkanes) is 48. The monoisotopic (exact) mass is 1460 g/mol. The van der Waals surface area contributed by atoms with E-state index in [4.69, 9.17) is 37.0 Å². The number of ether oxygens (including phenoxy) is 4. The number of hydrogen-bond acceptors (Lipinski definition) is 15. The van der Waals surface area contributed by atoms with Crippen molar-refractivity contribution < 1.29 is 80.2 Å². The van der Waals surface area contributed by atoms with Crippen molar-refractivity contribution in [3.8, 4) is 0 Å². The van der Waals surface area contributed by atoms with E-state index in [9.17, 15) is 43.2 Å². The van der Waals surface area contributed by atoms with Crippen LogP contribution in [0.3, 0.4) is 0 Å². The number of esters is 4. The SMILES string of the molecule is CCCCCC/C=C\C=C/CCCCCCCC(=O)OC[C@H](COP(=O)(O)OC[C@@H](O)COP(=O)(O)OC[C@@H](COC(=O)CCCCCCCCCC)OC(=O)CCCCCCCCCCCCCCC(C)C)OC(=O)CCCCCCCCCCCCCCCCCCCCCCCC. The van der Waals surface area contributed by atoms with E-state index < -0.39 is 97.5 Å². The summed E-state index contributed by atoms with van der Waals surface area (Å²) in [4.78, 5) is 72.9. The molecule has 17 nitrogen and oxygen atoms in total. The molecule has 0 aromatic heterocycles. The van der Waals surface area contributed by atoms with Gasteiger partial charge in [-0.25, -0.2) is 9.13 Å². The molecule has 0 aromatic rings. The summed E-state index contributed by atoms with van der Waals surface area (Å²) < 4.78 is 68.6. The standard InChI is InChI=1S/C81H154O17P2/c1-6-9-12-15-18-21-23-25-27-28-29-30-31-32-33-35-37-42-46-51-56-61-66-80(85)98-77(71-92-79(84)65-60-55-50-45-41-36-34-26-24-22-19-16-13-10-7-2)73-96-100(89,90)94-69-75(82)68-93-99(87,88)95-72-76(70-91-78(83)64-59-54-49-20-17-14-11-8-3)97-81(86)67-62-57-52-47-43-39-38-40-44-48-53-58-63-74(4)5/h22,24,26,34,74-77,82H,6-21,23,25,27-33,35-73H2,1-5H3,(H,87,88)(H,89,90)/b24-22-,34-26-/t75-,76+,77+/m0/s1. The maximum absolute atomic E-state index is 13.1. The van der Waals surface area contributed by atoms with E-state index in [2.05, 4.69) is 58.9 Å². The summed E-state index contributed by atoms with van der Waals surface area (Å²) >= 11 is 0. The van der Waals surface area contributed by atoms with Gasteiger partial charge in [0.15, 0.2) is 12.2 Å². The predicted octanol–water partition coefficient (Wildman–Crippen LogP) is 24.0. The summed E-state index contributed by atoms with van der Waals surface area (Å²) in [6.07, 6.45) is 67.6. The highest BCUT2D eigenvalue weighted by atomic mass is 31.2. The van der Waals surface area contributed by atoms with Gasteiger partial charge in [-0.3, -0.25) is 37.3 Å². The first-order valence-corrected chi connectivity index (χ1v) is 44.4. The Kier molecular flexibility index (Phi) is 71.6. The quantitative estimate of drug-likeness (QED) is 0.0169. The van der Waals surface area contributed by atoms with E-state index in [1.54, 1.807) is 0 Å². The largest absolute Gasteiger partial charge is 0.472 e. The van der Waals surface area contributed by atoms with Crippen LogP contribution in [-0.4, -0.2) is 96.7 Å². The van der Waals surface area contributed by atoms with Gasteiger partial charge in [0.2, 0.25) is 0 Å². The molecule has 0 radical (unpaired) electrons. The van der Waals surface area contributed by atoms with Crippen LogP contribution in [0.2, 0.25) is 0 Å². The first-order valence-electron chi connectivity index (χ1n) is 41.5. The van der Waals surface area contributed by atoms with Crippen molar-refractivity contribution in [2.24, 2.45) is 5.92 Å². The van der Waals surface area contributed by atoms with Crippen LogP contribution < -0.4 is 0 Å². The zero-order valence-electron chi connectivity index (χ0n) is 64.8. The number of rotatable bonds is 79. The lowest BCUT2D eigenvalue weighted by Gasteiger charge is -2.21. The molecular weight excluding hydrogens is 1310 g/mol. The zero-order chi connectivity index (χ0) is 73.4. The van der Waals surface area contributed by atoms with Gasteiger partial charge in [-0.2, -0.15) is 0 Å².